The second kappa shape index (κ2) is 4.26. The van der Waals surface area contributed by atoms with E-state index in [4.69, 9.17) is 0 Å². The lowest BCUT2D eigenvalue weighted by Crippen LogP contribution is -2.47. The standard InChI is InChI=1S/C14H21N/c1-11(2)8-13-9-15(10-13)14-6-4-12(3)5-7-14/h4-7,11,13H,8-10H2,1-3H3. The first-order chi connectivity index (χ1) is 7.15. The van der Waals surface area contributed by atoms with Crippen LogP contribution in [0.1, 0.15) is 25.8 Å². The Morgan fingerprint density at radius 3 is 2.33 bits per heavy atom. The molecule has 1 aliphatic rings. The van der Waals surface area contributed by atoms with Crippen molar-refractivity contribution in [3.63, 3.8) is 0 Å². The van der Waals surface area contributed by atoms with E-state index >= 15 is 0 Å². The summed E-state index contributed by atoms with van der Waals surface area (Å²) in [5.74, 6) is 1.77. The zero-order chi connectivity index (χ0) is 10.8. The lowest BCUT2D eigenvalue weighted by molar-refractivity contribution is 0.338. The van der Waals surface area contributed by atoms with Gasteiger partial charge < -0.3 is 4.90 Å². The van der Waals surface area contributed by atoms with Crippen LogP contribution in [-0.4, -0.2) is 13.1 Å². The van der Waals surface area contributed by atoms with Crippen LogP contribution in [0.25, 0.3) is 0 Å². The normalized spacial score (nSPS) is 16.9. The van der Waals surface area contributed by atoms with Gasteiger partial charge in [0.2, 0.25) is 0 Å². The van der Waals surface area contributed by atoms with Crippen LogP contribution < -0.4 is 4.90 Å². The Morgan fingerprint density at radius 2 is 1.80 bits per heavy atom. The Bertz CT molecular complexity index is 307. The Kier molecular flexibility index (Phi) is 2.99. The van der Waals surface area contributed by atoms with Crippen LogP contribution >= 0.6 is 0 Å². The molecule has 15 heavy (non-hydrogen) atoms. The number of benzene rings is 1. The summed E-state index contributed by atoms with van der Waals surface area (Å²) in [5, 5.41) is 0. The molecule has 0 amide bonds. The predicted octanol–water partition coefficient (Wildman–Crippen LogP) is 3.48. The zero-order valence-corrected chi connectivity index (χ0v) is 10.0. The van der Waals surface area contributed by atoms with Gasteiger partial charge in [0.1, 0.15) is 0 Å². The van der Waals surface area contributed by atoms with Crippen LogP contribution in [0.2, 0.25) is 0 Å². The summed E-state index contributed by atoms with van der Waals surface area (Å²) in [6.45, 7) is 9.27. The van der Waals surface area contributed by atoms with Gasteiger partial charge >= 0.3 is 0 Å². The molecule has 82 valence electrons. The summed E-state index contributed by atoms with van der Waals surface area (Å²) in [5.41, 5.74) is 2.73. The van der Waals surface area contributed by atoms with Gasteiger partial charge in [-0.25, -0.2) is 0 Å². The average Bonchev–Trinajstić information content (AvgIpc) is 2.12. The molecule has 0 aromatic heterocycles. The quantitative estimate of drug-likeness (QED) is 0.727. The number of hydrogen-bond donors (Lipinski definition) is 0. The largest absolute Gasteiger partial charge is 0.371 e. The van der Waals surface area contributed by atoms with E-state index in [1.807, 2.05) is 0 Å². The molecule has 0 unspecified atom stereocenters. The van der Waals surface area contributed by atoms with E-state index in [0.29, 0.717) is 0 Å². The van der Waals surface area contributed by atoms with E-state index in [1.165, 1.54) is 30.8 Å². The van der Waals surface area contributed by atoms with Crippen LogP contribution in [0.15, 0.2) is 24.3 Å². The van der Waals surface area contributed by atoms with E-state index in [2.05, 4.69) is 49.9 Å². The number of anilines is 1. The molecular formula is C14H21N. The van der Waals surface area contributed by atoms with Gasteiger partial charge in [0.25, 0.3) is 0 Å². The van der Waals surface area contributed by atoms with Crippen molar-refractivity contribution in [3.8, 4) is 0 Å². The summed E-state index contributed by atoms with van der Waals surface area (Å²) >= 11 is 0. The lowest BCUT2D eigenvalue weighted by Gasteiger charge is -2.42. The van der Waals surface area contributed by atoms with Gasteiger partial charge in [0.15, 0.2) is 0 Å². The molecule has 1 heteroatoms. The van der Waals surface area contributed by atoms with E-state index in [0.717, 1.165) is 11.8 Å². The third kappa shape index (κ3) is 2.53. The third-order valence-corrected chi connectivity index (χ3v) is 3.16. The van der Waals surface area contributed by atoms with Crippen LogP contribution in [0.3, 0.4) is 0 Å². The molecule has 0 atom stereocenters. The van der Waals surface area contributed by atoms with Crippen molar-refractivity contribution in [2.45, 2.75) is 27.2 Å². The molecular weight excluding hydrogens is 182 g/mol. The van der Waals surface area contributed by atoms with Crippen LogP contribution in [0.5, 0.6) is 0 Å². The first-order valence-corrected chi connectivity index (χ1v) is 5.97. The highest BCUT2D eigenvalue weighted by Gasteiger charge is 2.26. The Hall–Kier alpha value is -0.980. The molecule has 1 fully saturated rings. The van der Waals surface area contributed by atoms with Gasteiger partial charge in [-0.05, 0) is 37.3 Å². The summed E-state index contributed by atoms with van der Waals surface area (Å²) in [6, 6.07) is 8.87. The molecule has 0 aliphatic carbocycles. The molecule has 1 aliphatic heterocycles. The minimum atomic E-state index is 0.843. The molecule has 0 radical (unpaired) electrons. The fraction of sp³-hybridized carbons (Fsp3) is 0.571. The Morgan fingerprint density at radius 1 is 1.20 bits per heavy atom. The summed E-state index contributed by atoms with van der Waals surface area (Å²) in [4.78, 5) is 2.48. The molecule has 0 spiro atoms. The third-order valence-electron chi connectivity index (χ3n) is 3.16. The summed E-state index contributed by atoms with van der Waals surface area (Å²) in [7, 11) is 0. The molecule has 0 N–H and O–H groups in total. The van der Waals surface area contributed by atoms with Gasteiger partial charge in [-0.2, -0.15) is 0 Å². The van der Waals surface area contributed by atoms with Crippen molar-refractivity contribution >= 4 is 5.69 Å². The minimum Gasteiger partial charge on any atom is -0.371 e. The van der Waals surface area contributed by atoms with E-state index in [9.17, 15) is 0 Å². The van der Waals surface area contributed by atoms with Crippen LogP contribution in [0, 0.1) is 18.8 Å². The van der Waals surface area contributed by atoms with E-state index < -0.39 is 0 Å². The molecule has 0 bridgehead atoms. The number of rotatable bonds is 3. The van der Waals surface area contributed by atoms with Gasteiger partial charge in [-0.15, -0.1) is 0 Å². The summed E-state index contributed by atoms with van der Waals surface area (Å²) in [6.07, 6.45) is 1.38. The molecule has 1 nitrogen and oxygen atoms in total. The molecule has 1 aromatic carbocycles. The van der Waals surface area contributed by atoms with Crippen LogP contribution in [0.4, 0.5) is 5.69 Å². The van der Waals surface area contributed by atoms with Crippen molar-refractivity contribution in [2.24, 2.45) is 11.8 Å². The molecule has 0 saturated carbocycles. The molecule has 1 saturated heterocycles. The molecule has 1 heterocycles. The Balaban J connectivity index is 1.86. The average molecular weight is 203 g/mol. The zero-order valence-electron chi connectivity index (χ0n) is 10.0. The van der Waals surface area contributed by atoms with Crippen LogP contribution in [-0.2, 0) is 0 Å². The maximum absolute atomic E-state index is 2.48. The van der Waals surface area contributed by atoms with E-state index in [-0.39, 0.29) is 0 Å². The van der Waals surface area contributed by atoms with Gasteiger partial charge in [0.05, 0.1) is 0 Å². The fourth-order valence-electron chi connectivity index (χ4n) is 2.35. The first kappa shape index (κ1) is 10.5. The maximum atomic E-state index is 2.48. The highest BCUT2D eigenvalue weighted by molar-refractivity contribution is 5.49. The smallest absolute Gasteiger partial charge is 0.0366 e. The first-order valence-electron chi connectivity index (χ1n) is 5.97. The SMILES string of the molecule is Cc1ccc(N2CC(CC(C)C)C2)cc1. The van der Waals surface area contributed by atoms with Gasteiger partial charge in [-0.1, -0.05) is 31.5 Å². The monoisotopic (exact) mass is 203 g/mol. The van der Waals surface area contributed by atoms with Gasteiger partial charge in [-0.3, -0.25) is 0 Å². The minimum absolute atomic E-state index is 0.843. The van der Waals surface area contributed by atoms with Gasteiger partial charge in [0, 0.05) is 18.8 Å². The second-order valence-electron chi connectivity index (χ2n) is 5.24. The topological polar surface area (TPSA) is 3.24 Å². The Labute approximate surface area is 93.1 Å². The van der Waals surface area contributed by atoms with E-state index in [1.54, 1.807) is 0 Å². The number of aryl methyl sites for hydroxylation is 1. The van der Waals surface area contributed by atoms with Crippen molar-refractivity contribution in [2.75, 3.05) is 18.0 Å². The molecule has 2 rings (SSSR count). The van der Waals surface area contributed by atoms with Crippen molar-refractivity contribution in [1.82, 2.24) is 0 Å². The van der Waals surface area contributed by atoms with Crippen molar-refractivity contribution in [3.05, 3.63) is 29.8 Å². The maximum Gasteiger partial charge on any atom is 0.0366 e. The second-order valence-corrected chi connectivity index (χ2v) is 5.24. The van der Waals surface area contributed by atoms with Crippen molar-refractivity contribution in [1.29, 1.82) is 0 Å². The summed E-state index contributed by atoms with van der Waals surface area (Å²) < 4.78 is 0. The highest BCUT2D eigenvalue weighted by atomic mass is 15.2. The fourth-order valence-corrected chi connectivity index (χ4v) is 2.35. The predicted molar refractivity (Wildman–Crippen MR) is 66.3 cm³/mol. The lowest BCUT2D eigenvalue weighted by atomic mass is 9.90. The molecule has 1 aromatic rings. The van der Waals surface area contributed by atoms with Crippen molar-refractivity contribution < 1.29 is 0 Å². The highest BCUT2D eigenvalue weighted by Crippen LogP contribution is 2.28. The number of nitrogens with zero attached hydrogens (tertiary/aromatic N) is 1. The number of hydrogen-bond acceptors (Lipinski definition) is 1.